The summed E-state index contributed by atoms with van der Waals surface area (Å²) in [4.78, 5) is 13.1. The Labute approximate surface area is 143 Å². The molecule has 3 rings (SSSR count). The standard InChI is InChI=1S/C16H17N5O2S/c1-21-10-9-13(20-21)15-18-19-16(23-15)17-14(22)8-5-11-24-12-6-3-2-4-7-12/h2-4,6-7,9-10H,5,8,11H2,1H3,(H,17,19,22). The molecular weight excluding hydrogens is 326 g/mol. The Morgan fingerprint density at radius 1 is 1.25 bits per heavy atom. The average Bonchev–Trinajstić information content (AvgIpc) is 3.21. The molecule has 124 valence electrons. The van der Waals surface area contributed by atoms with Gasteiger partial charge in [0.25, 0.3) is 5.89 Å². The monoisotopic (exact) mass is 343 g/mol. The number of thioether (sulfide) groups is 1. The van der Waals surface area contributed by atoms with Gasteiger partial charge in [-0.1, -0.05) is 23.3 Å². The van der Waals surface area contributed by atoms with Crippen LogP contribution < -0.4 is 5.32 Å². The minimum absolute atomic E-state index is 0.0939. The molecule has 0 spiro atoms. The zero-order valence-corrected chi connectivity index (χ0v) is 14.0. The number of hydrogen-bond acceptors (Lipinski definition) is 6. The molecular formula is C16H17N5O2S. The third-order valence-electron chi connectivity index (χ3n) is 3.16. The van der Waals surface area contributed by atoms with Crippen LogP contribution >= 0.6 is 11.8 Å². The van der Waals surface area contributed by atoms with Gasteiger partial charge in [0.05, 0.1) is 0 Å². The molecule has 1 aromatic carbocycles. The van der Waals surface area contributed by atoms with Gasteiger partial charge in [-0.05, 0) is 30.4 Å². The van der Waals surface area contributed by atoms with Crippen LogP contribution in [-0.4, -0.2) is 31.6 Å². The molecule has 0 aliphatic heterocycles. The number of rotatable bonds is 7. The molecule has 8 heteroatoms. The first-order valence-corrected chi connectivity index (χ1v) is 8.50. The smallest absolute Gasteiger partial charge is 0.322 e. The van der Waals surface area contributed by atoms with Crippen LogP contribution in [-0.2, 0) is 11.8 Å². The van der Waals surface area contributed by atoms with Crippen molar-refractivity contribution in [3.05, 3.63) is 42.6 Å². The van der Waals surface area contributed by atoms with E-state index >= 15 is 0 Å². The minimum atomic E-state index is -0.139. The van der Waals surface area contributed by atoms with Crippen LogP contribution in [0, 0.1) is 0 Å². The highest BCUT2D eigenvalue weighted by molar-refractivity contribution is 7.99. The highest BCUT2D eigenvalue weighted by Gasteiger charge is 2.13. The van der Waals surface area contributed by atoms with E-state index in [1.165, 1.54) is 4.90 Å². The second-order valence-electron chi connectivity index (χ2n) is 5.10. The summed E-state index contributed by atoms with van der Waals surface area (Å²) in [5, 5.41) is 14.5. The van der Waals surface area contributed by atoms with Crippen LogP contribution in [0.4, 0.5) is 6.01 Å². The fourth-order valence-corrected chi connectivity index (χ4v) is 2.90. The number of carbonyl (C=O) groups excluding carboxylic acids is 1. The van der Waals surface area contributed by atoms with Gasteiger partial charge in [0, 0.05) is 24.6 Å². The third-order valence-corrected chi connectivity index (χ3v) is 4.26. The molecule has 0 aliphatic carbocycles. The lowest BCUT2D eigenvalue weighted by Gasteiger charge is -2.01. The van der Waals surface area contributed by atoms with Crippen LogP contribution in [0.25, 0.3) is 11.6 Å². The van der Waals surface area contributed by atoms with Crippen LogP contribution in [0.15, 0.2) is 51.9 Å². The van der Waals surface area contributed by atoms with E-state index in [2.05, 4.69) is 32.7 Å². The van der Waals surface area contributed by atoms with E-state index < -0.39 is 0 Å². The van der Waals surface area contributed by atoms with Crippen molar-refractivity contribution in [2.45, 2.75) is 17.7 Å². The van der Waals surface area contributed by atoms with Gasteiger partial charge < -0.3 is 4.42 Å². The number of hydrogen-bond donors (Lipinski definition) is 1. The average molecular weight is 343 g/mol. The molecule has 2 heterocycles. The number of anilines is 1. The normalized spacial score (nSPS) is 10.7. The van der Waals surface area contributed by atoms with Gasteiger partial charge in [0.2, 0.25) is 5.91 Å². The number of carbonyl (C=O) groups is 1. The summed E-state index contributed by atoms with van der Waals surface area (Å²) < 4.78 is 7.04. The van der Waals surface area contributed by atoms with Crippen molar-refractivity contribution in [2.75, 3.05) is 11.1 Å². The second-order valence-corrected chi connectivity index (χ2v) is 6.27. The van der Waals surface area contributed by atoms with Crippen molar-refractivity contribution in [1.29, 1.82) is 0 Å². The summed E-state index contributed by atoms with van der Waals surface area (Å²) in [6.45, 7) is 0. The molecule has 0 unspecified atom stereocenters. The topological polar surface area (TPSA) is 85.8 Å². The van der Waals surface area contributed by atoms with Crippen molar-refractivity contribution in [3.63, 3.8) is 0 Å². The first-order chi connectivity index (χ1) is 11.7. The molecule has 3 aromatic rings. The molecule has 0 aliphatic rings. The Bertz CT molecular complexity index is 800. The molecule has 24 heavy (non-hydrogen) atoms. The maximum absolute atomic E-state index is 11.9. The van der Waals surface area contributed by atoms with E-state index in [0.29, 0.717) is 12.1 Å². The van der Waals surface area contributed by atoms with Crippen LogP contribution in [0.5, 0.6) is 0 Å². The first kappa shape index (κ1) is 16.3. The largest absolute Gasteiger partial charge is 0.401 e. The van der Waals surface area contributed by atoms with Crippen LogP contribution in [0.3, 0.4) is 0 Å². The number of aromatic nitrogens is 4. The molecule has 7 nitrogen and oxygen atoms in total. The number of nitrogens with zero attached hydrogens (tertiary/aromatic N) is 4. The maximum Gasteiger partial charge on any atom is 0.322 e. The zero-order valence-electron chi connectivity index (χ0n) is 13.2. The SMILES string of the molecule is Cn1ccc(-c2nnc(NC(=O)CCCSc3ccccc3)o2)n1. The molecule has 1 N–H and O–H groups in total. The lowest BCUT2D eigenvalue weighted by Crippen LogP contribution is -2.11. The Kier molecular flexibility index (Phi) is 5.27. The number of amides is 1. The summed E-state index contributed by atoms with van der Waals surface area (Å²) in [7, 11) is 1.80. The Hall–Kier alpha value is -2.61. The maximum atomic E-state index is 11.9. The summed E-state index contributed by atoms with van der Waals surface area (Å²) >= 11 is 1.73. The minimum Gasteiger partial charge on any atom is -0.401 e. The second kappa shape index (κ2) is 7.78. The molecule has 0 fully saturated rings. The summed E-state index contributed by atoms with van der Waals surface area (Å²) in [5.74, 6) is 1.02. The van der Waals surface area contributed by atoms with Crippen molar-refractivity contribution in [2.24, 2.45) is 7.05 Å². The van der Waals surface area contributed by atoms with Gasteiger partial charge in [-0.3, -0.25) is 14.8 Å². The summed E-state index contributed by atoms with van der Waals surface area (Å²) in [5.41, 5.74) is 0.574. The summed E-state index contributed by atoms with van der Waals surface area (Å²) in [6.07, 6.45) is 2.95. The van der Waals surface area contributed by atoms with Gasteiger partial charge in [-0.25, -0.2) is 0 Å². The van der Waals surface area contributed by atoms with Gasteiger partial charge in [-0.2, -0.15) is 5.10 Å². The van der Waals surface area contributed by atoms with Gasteiger partial charge in [0.1, 0.15) is 5.69 Å². The number of nitrogens with one attached hydrogen (secondary N) is 1. The van der Waals surface area contributed by atoms with Crippen molar-refractivity contribution in [1.82, 2.24) is 20.0 Å². The molecule has 0 saturated carbocycles. The Balaban J connectivity index is 1.43. The highest BCUT2D eigenvalue weighted by atomic mass is 32.2. The van der Waals surface area contributed by atoms with E-state index in [0.717, 1.165) is 12.2 Å². The quantitative estimate of drug-likeness (QED) is 0.524. The van der Waals surface area contributed by atoms with E-state index in [1.54, 1.807) is 35.8 Å². The van der Waals surface area contributed by atoms with Crippen molar-refractivity contribution >= 4 is 23.7 Å². The molecule has 0 saturated heterocycles. The third kappa shape index (κ3) is 4.45. The van der Waals surface area contributed by atoms with E-state index in [9.17, 15) is 4.79 Å². The fraction of sp³-hybridized carbons (Fsp3) is 0.250. The zero-order chi connectivity index (χ0) is 16.8. The molecule has 1 amide bonds. The van der Waals surface area contributed by atoms with Crippen molar-refractivity contribution < 1.29 is 9.21 Å². The van der Waals surface area contributed by atoms with E-state index in [-0.39, 0.29) is 17.8 Å². The molecule has 0 radical (unpaired) electrons. The lowest BCUT2D eigenvalue weighted by atomic mass is 10.3. The highest BCUT2D eigenvalue weighted by Crippen LogP contribution is 2.19. The first-order valence-electron chi connectivity index (χ1n) is 7.52. The molecule has 2 aromatic heterocycles. The van der Waals surface area contributed by atoms with Gasteiger partial charge in [-0.15, -0.1) is 16.9 Å². The van der Waals surface area contributed by atoms with Crippen LogP contribution in [0.1, 0.15) is 12.8 Å². The number of aryl methyl sites for hydroxylation is 1. The van der Waals surface area contributed by atoms with Crippen LogP contribution in [0.2, 0.25) is 0 Å². The predicted octanol–water partition coefficient (Wildman–Crippen LogP) is 2.98. The molecule has 0 atom stereocenters. The Morgan fingerprint density at radius 2 is 2.08 bits per heavy atom. The fourth-order valence-electron chi connectivity index (χ4n) is 2.03. The predicted molar refractivity (Wildman–Crippen MR) is 91.5 cm³/mol. The van der Waals surface area contributed by atoms with Gasteiger partial charge >= 0.3 is 6.01 Å². The number of benzene rings is 1. The molecule has 0 bridgehead atoms. The lowest BCUT2D eigenvalue weighted by molar-refractivity contribution is -0.116. The van der Waals surface area contributed by atoms with Gasteiger partial charge in [0.15, 0.2) is 0 Å². The van der Waals surface area contributed by atoms with E-state index in [1.807, 2.05) is 18.2 Å². The van der Waals surface area contributed by atoms with E-state index in [4.69, 9.17) is 4.42 Å². The van der Waals surface area contributed by atoms with Crippen molar-refractivity contribution in [3.8, 4) is 11.6 Å². The summed E-state index contributed by atoms with van der Waals surface area (Å²) in [6, 6.07) is 12.0. The Morgan fingerprint density at radius 3 is 2.83 bits per heavy atom.